The summed E-state index contributed by atoms with van der Waals surface area (Å²) >= 11 is 5.61. The van der Waals surface area contributed by atoms with Crippen molar-refractivity contribution in [3.63, 3.8) is 0 Å². The summed E-state index contributed by atoms with van der Waals surface area (Å²) in [5, 5.41) is 2.77. The van der Waals surface area contributed by atoms with E-state index < -0.39 is 0 Å². The van der Waals surface area contributed by atoms with Crippen LogP contribution in [-0.2, 0) is 12.4 Å². The van der Waals surface area contributed by atoms with Gasteiger partial charge in [0.2, 0.25) is 0 Å². The Morgan fingerprint density at radius 2 is 2.21 bits per heavy atom. The van der Waals surface area contributed by atoms with Crippen LogP contribution in [0.3, 0.4) is 0 Å². The number of halogens is 1. The van der Waals surface area contributed by atoms with E-state index >= 15 is 0 Å². The molecule has 100 valence electrons. The summed E-state index contributed by atoms with van der Waals surface area (Å²) in [5.41, 5.74) is 0.955. The van der Waals surface area contributed by atoms with Gasteiger partial charge in [0.25, 0.3) is 5.91 Å². The second-order valence-corrected chi connectivity index (χ2v) is 4.20. The second-order valence-electron chi connectivity index (χ2n) is 3.93. The lowest BCUT2D eigenvalue weighted by Crippen LogP contribution is -2.22. The summed E-state index contributed by atoms with van der Waals surface area (Å²) in [6.45, 7) is 0.410. The number of carbonyl (C=O) groups excluding carboxylic acids is 1. The van der Waals surface area contributed by atoms with Gasteiger partial charge in [-0.3, -0.25) is 4.79 Å². The maximum absolute atomic E-state index is 11.8. The summed E-state index contributed by atoms with van der Waals surface area (Å²) in [6.07, 6.45) is 0. The van der Waals surface area contributed by atoms with Crippen molar-refractivity contribution in [2.24, 2.45) is 0 Å². The molecule has 0 aliphatic heterocycles. The van der Waals surface area contributed by atoms with Gasteiger partial charge in [0.05, 0.1) is 13.0 Å². The molecule has 0 fully saturated rings. The van der Waals surface area contributed by atoms with Crippen LogP contribution in [0.5, 0.6) is 5.75 Å². The Hall–Kier alpha value is -1.94. The molecule has 1 heterocycles. The highest BCUT2D eigenvalue weighted by molar-refractivity contribution is 6.16. The molecule has 0 unspecified atom stereocenters. The molecular weight excluding hydrogens is 266 g/mol. The van der Waals surface area contributed by atoms with Gasteiger partial charge in [0.1, 0.15) is 11.5 Å². The SMILES string of the molecule is COc1cccc(CNC(=O)c2ccc(CCl)o2)c1. The van der Waals surface area contributed by atoms with Crippen LogP contribution < -0.4 is 10.1 Å². The van der Waals surface area contributed by atoms with Gasteiger partial charge in [-0.25, -0.2) is 0 Å². The Kier molecular flexibility index (Phi) is 4.47. The van der Waals surface area contributed by atoms with E-state index in [2.05, 4.69) is 5.32 Å². The van der Waals surface area contributed by atoms with E-state index in [1.165, 1.54) is 0 Å². The fraction of sp³-hybridized carbons (Fsp3) is 0.214. The Balaban J connectivity index is 1.96. The molecule has 2 aromatic rings. The number of carbonyl (C=O) groups is 1. The third kappa shape index (κ3) is 3.51. The van der Waals surface area contributed by atoms with E-state index in [1.54, 1.807) is 19.2 Å². The predicted molar refractivity (Wildman–Crippen MR) is 72.4 cm³/mol. The van der Waals surface area contributed by atoms with Gasteiger partial charge in [0, 0.05) is 6.54 Å². The summed E-state index contributed by atoms with van der Waals surface area (Å²) in [4.78, 5) is 11.8. The molecule has 0 saturated carbocycles. The second kappa shape index (κ2) is 6.29. The number of benzene rings is 1. The lowest BCUT2D eigenvalue weighted by Gasteiger charge is -2.05. The number of rotatable bonds is 5. The van der Waals surface area contributed by atoms with E-state index in [9.17, 15) is 4.79 Å². The van der Waals surface area contributed by atoms with Gasteiger partial charge in [-0.15, -0.1) is 11.6 Å². The molecule has 0 aliphatic rings. The molecule has 2 rings (SSSR count). The van der Waals surface area contributed by atoms with Crippen LogP contribution in [0.1, 0.15) is 21.9 Å². The highest BCUT2D eigenvalue weighted by atomic mass is 35.5. The zero-order chi connectivity index (χ0) is 13.7. The molecule has 0 saturated heterocycles. The van der Waals surface area contributed by atoms with E-state index in [4.69, 9.17) is 20.8 Å². The van der Waals surface area contributed by atoms with Crippen molar-refractivity contribution >= 4 is 17.5 Å². The molecule has 0 bridgehead atoms. The largest absolute Gasteiger partial charge is 0.497 e. The van der Waals surface area contributed by atoms with Crippen LogP contribution in [0, 0.1) is 0 Å². The first-order valence-corrected chi connectivity index (χ1v) is 6.32. The monoisotopic (exact) mass is 279 g/mol. The Morgan fingerprint density at radius 1 is 1.37 bits per heavy atom. The molecule has 1 aromatic carbocycles. The van der Waals surface area contributed by atoms with Crippen molar-refractivity contribution in [3.8, 4) is 5.75 Å². The fourth-order valence-electron chi connectivity index (χ4n) is 1.62. The van der Waals surface area contributed by atoms with Crippen LogP contribution in [0.4, 0.5) is 0 Å². The van der Waals surface area contributed by atoms with Gasteiger partial charge in [-0.1, -0.05) is 12.1 Å². The number of nitrogens with one attached hydrogen (secondary N) is 1. The topological polar surface area (TPSA) is 51.5 Å². The Labute approximate surface area is 116 Å². The van der Waals surface area contributed by atoms with Crippen molar-refractivity contribution in [3.05, 3.63) is 53.5 Å². The molecule has 1 amide bonds. The molecule has 0 atom stereocenters. The van der Waals surface area contributed by atoms with Crippen molar-refractivity contribution in [1.82, 2.24) is 5.32 Å². The standard InChI is InChI=1S/C14H14ClNO3/c1-18-11-4-2-3-10(7-11)9-16-14(17)13-6-5-12(8-15)19-13/h2-7H,8-9H2,1H3,(H,16,17). The van der Waals surface area contributed by atoms with Crippen LogP contribution in [0.2, 0.25) is 0 Å². The van der Waals surface area contributed by atoms with Gasteiger partial charge in [-0.05, 0) is 29.8 Å². The minimum absolute atomic E-state index is 0.253. The maximum Gasteiger partial charge on any atom is 0.287 e. The third-order valence-corrected chi connectivity index (χ3v) is 2.87. The van der Waals surface area contributed by atoms with E-state index in [0.29, 0.717) is 12.3 Å². The minimum atomic E-state index is -0.265. The highest BCUT2D eigenvalue weighted by Crippen LogP contribution is 2.13. The number of furan rings is 1. The quantitative estimate of drug-likeness (QED) is 0.856. The summed E-state index contributed by atoms with van der Waals surface area (Å²) < 4.78 is 10.4. The number of hydrogen-bond donors (Lipinski definition) is 1. The average Bonchev–Trinajstić information content (AvgIpc) is 2.94. The van der Waals surface area contributed by atoms with E-state index in [0.717, 1.165) is 11.3 Å². The number of methoxy groups -OCH3 is 1. The van der Waals surface area contributed by atoms with Gasteiger partial charge in [-0.2, -0.15) is 0 Å². The first kappa shape index (κ1) is 13.5. The average molecular weight is 280 g/mol. The third-order valence-electron chi connectivity index (χ3n) is 2.60. The molecule has 0 radical (unpaired) electrons. The van der Waals surface area contributed by atoms with Crippen molar-refractivity contribution in [2.45, 2.75) is 12.4 Å². The first-order valence-electron chi connectivity index (χ1n) is 5.78. The summed E-state index contributed by atoms with van der Waals surface area (Å²) in [7, 11) is 1.61. The van der Waals surface area contributed by atoms with Crippen LogP contribution in [0.25, 0.3) is 0 Å². The zero-order valence-electron chi connectivity index (χ0n) is 10.5. The Bertz CT molecular complexity index is 565. The summed E-state index contributed by atoms with van der Waals surface area (Å²) in [6, 6.07) is 10.8. The zero-order valence-corrected chi connectivity index (χ0v) is 11.2. The van der Waals surface area contributed by atoms with Gasteiger partial charge in [0.15, 0.2) is 5.76 Å². The van der Waals surface area contributed by atoms with Crippen LogP contribution >= 0.6 is 11.6 Å². The Morgan fingerprint density at radius 3 is 2.89 bits per heavy atom. The lowest BCUT2D eigenvalue weighted by molar-refractivity contribution is 0.0921. The number of hydrogen-bond acceptors (Lipinski definition) is 3. The number of amides is 1. The van der Waals surface area contributed by atoms with Gasteiger partial charge < -0.3 is 14.5 Å². The molecule has 1 aromatic heterocycles. The molecule has 0 spiro atoms. The molecule has 0 aliphatic carbocycles. The smallest absolute Gasteiger partial charge is 0.287 e. The van der Waals surface area contributed by atoms with Gasteiger partial charge >= 0.3 is 0 Å². The normalized spacial score (nSPS) is 10.2. The van der Waals surface area contributed by atoms with Crippen molar-refractivity contribution < 1.29 is 13.9 Å². The van der Waals surface area contributed by atoms with Crippen molar-refractivity contribution in [1.29, 1.82) is 0 Å². The van der Waals surface area contributed by atoms with Crippen LogP contribution in [0.15, 0.2) is 40.8 Å². The number of alkyl halides is 1. The lowest BCUT2D eigenvalue weighted by atomic mass is 10.2. The molecule has 4 nitrogen and oxygen atoms in total. The maximum atomic E-state index is 11.8. The molecule has 1 N–H and O–H groups in total. The number of ether oxygens (including phenoxy) is 1. The first-order chi connectivity index (χ1) is 9.22. The predicted octanol–water partition coefficient (Wildman–Crippen LogP) is 2.96. The molecular formula is C14H14ClNO3. The minimum Gasteiger partial charge on any atom is -0.497 e. The molecule has 5 heteroatoms. The fourth-order valence-corrected chi connectivity index (χ4v) is 1.77. The summed E-state index contributed by atoms with van der Waals surface area (Å²) in [5.74, 6) is 1.59. The molecule has 19 heavy (non-hydrogen) atoms. The van der Waals surface area contributed by atoms with Crippen molar-refractivity contribution in [2.75, 3.05) is 7.11 Å². The van der Waals surface area contributed by atoms with E-state index in [1.807, 2.05) is 24.3 Å². The van der Waals surface area contributed by atoms with E-state index in [-0.39, 0.29) is 17.5 Å². The van der Waals surface area contributed by atoms with Crippen LogP contribution in [-0.4, -0.2) is 13.0 Å². The highest BCUT2D eigenvalue weighted by Gasteiger charge is 2.10.